The van der Waals surface area contributed by atoms with E-state index in [9.17, 15) is 9.59 Å². The monoisotopic (exact) mass is 229 g/mol. The molecule has 0 aliphatic carbocycles. The Morgan fingerprint density at radius 2 is 2.33 bits per heavy atom. The van der Waals surface area contributed by atoms with Gasteiger partial charge in [-0.2, -0.15) is 0 Å². The number of aliphatic carboxylic acids is 1. The van der Waals surface area contributed by atoms with Crippen molar-refractivity contribution < 1.29 is 14.7 Å². The van der Waals surface area contributed by atoms with Gasteiger partial charge < -0.3 is 10.8 Å². The number of rotatable bonds is 5. The predicted octanol–water partition coefficient (Wildman–Crippen LogP) is 1.04. The smallest absolute Gasteiger partial charge is 0.318 e. The van der Waals surface area contributed by atoms with Crippen LogP contribution in [0.2, 0.25) is 0 Å². The van der Waals surface area contributed by atoms with Gasteiger partial charge in [0.2, 0.25) is 0 Å². The van der Waals surface area contributed by atoms with Crippen molar-refractivity contribution in [1.82, 2.24) is 4.98 Å². The maximum Gasteiger partial charge on any atom is 0.318 e. The van der Waals surface area contributed by atoms with E-state index >= 15 is 0 Å². The van der Waals surface area contributed by atoms with Crippen LogP contribution in [-0.2, 0) is 11.2 Å². The van der Waals surface area contributed by atoms with Crippen LogP contribution >= 0.6 is 11.3 Å². The summed E-state index contributed by atoms with van der Waals surface area (Å²) < 4.78 is 0. The Bertz CT molecular complexity index is 364. The fourth-order valence-corrected chi connectivity index (χ4v) is 1.75. The molecule has 0 bridgehead atoms. The zero-order valence-electron chi connectivity index (χ0n) is 7.90. The third-order valence-corrected chi connectivity index (χ3v) is 2.41. The SMILES string of the molecule is NC(=O)Nc1nc(CCCC(=O)O)cs1. The first kappa shape index (κ1) is 11.4. The molecule has 0 saturated carbocycles. The summed E-state index contributed by atoms with van der Waals surface area (Å²) in [6.45, 7) is 0. The molecule has 0 aliphatic rings. The Morgan fingerprint density at radius 1 is 1.60 bits per heavy atom. The van der Waals surface area contributed by atoms with Crippen LogP contribution in [-0.4, -0.2) is 22.1 Å². The van der Waals surface area contributed by atoms with Crippen LogP contribution in [0.15, 0.2) is 5.38 Å². The number of carboxylic acids is 1. The molecule has 0 aliphatic heterocycles. The van der Waals surface area contributed by atoms with Gasteiger partial charge >= 0.3 is 12.0 Å². The number of primary amides is 1. The second-order valence-corrected chi connectivity index (χ2v) is 3.74. The lowest BCUT2D eigenvalue weighted by atomic mass is 10.2. The van der Waals surface area contributed by atoms with Gasteiger partial charge in [0, 0.05) is 11.8 Å². The van der Waals surface area contributed by atoms with Crippen molar-refractivity contribution in [3.63, 3.8) is 0 Å². The first-order valence-corrected chi connectivity index (χ1v) is 5.18. The molecule has 4 N–H and O–H groups in total. The number of carbonyl (C=O) groups excluding carboxylic acids is 1. The lowest BCUT2D eigenvalue weighted by molar-refractivity contribution is -0.137. The van der Waals surface area contributed by atoms with Gasteiger partial charge in [-0.05, 0) is 12.8 Å². The predicted molar refractivity (Wildman–Crippen MR) is 55.9 cm³/mol. The number of hydrogen-bond donors (Lipinski definition) is 3. The minimum Gasteiger partial charge on any atom is -0.481 e. The summed E-state index contributed by atoms with van der Waals surface area (Å²) in [6, 6.07) is -0.651. The third-order valence-electron chi connectivity index (χ3n) is 1.61. The number of aromatic nitrogens is 1. The molecule has 1 heterocycles. The summed E-state index contributed by atoms with van der Waals surface area (Å²) in [6.07, 6.45) is 1.24. The molecule has 15 heavy (non-hydrogen) atoms. The highest BCUT2D eigenvalue weighted by molar-refractivity contribution is 7.13. The number of carbonyl (C=O) groups is 2. The Kier molecular flexibility index (Phi) is 4.04. The molecule has 82 valence electrons. The van der Waals surface area contributed by atoms with Crippen molar-refractivity contribution in [3.8, 4) is 0 Å². The van der Waals surface area contributed by atoms with Gasteiger partial charge in [0.05, 0.1) is 5.69 Å². The van der Waals surface area contributed by atoms with Crippen LogP contribution in [0.5, 0.6) is 0 Å². The van der Waals surface area contributed by atoms with Gasteiger partial charge in [0.15, 0.2) is 5.13 Å². The molecule has 0 unspecified atom stereocenters. The molecular weight excluding hydrogens is 218 g/mol. The van der Waals surface area contributed by atoms with Gasteiger partial charge in [-0.15, -0.1) is 11.3 Å². The molecule has 0 saturated heterocycles. The number of nitrogens with zero attached hydrogens (tertiary/aromatic N) is 1. The van der Waals surface area contributed by atoms with E-state index in [4.69, 9.17) is 10.8 Å². The van der Waals surface area contributed by atoms with Crippen molar-refractivity contribution in [3.05, 3.63) is 11.1 Å². The number of urea groups is 1. The molecule has 1 rings (SSSR count). The first-order chi connectivity index (χ1) is 7.08. The zero-order valence-corrected chi connectivity index (χ0v) is 8.71. The number of nitrogens with one attached hydrogen (secondary N) is 1. The van der Waals surface area contributed by atoms with Crippen LogP contribution in [0, 0.1) is 0 Å². The second-order valence-electron chi connectivity index (χ2n) is 2.88. The van der Waals surface area contributed by atoms with E-state index in [1.165, 1.54) is 11.3 Å². The third kappa shape index (κ3) is 4.41. The molecule has 0 spiro atoms. The minimum absolute atomic E-state index is 0.121. The maximum absolute atomic E-state index is 10.5. The Balaban J connectivity index is 2.39. The van der Waals surface area contributed by atoms with Crippen LogP contribution in [0.3, 0.4) is 0 Å². The van der Waals surface area contributed by atoms with E-state index in [0.29, 0.717) is 18.0 Å². The molecule has 0 atom stereocenters. The highest BCUT2D eigenvalue weighted by Gasteiger charge is 2.04. The van der Waals surface area contributed by atoms with E-state index in [1.807, 2.05) is 0 Å². The number of anilines is 1. The average molecular weight is 229 g/mol. The van der Waals surface area contributed by atoms with Crippen LogP contribution in [0.4, 0.5) is 9.93 Å². The van der Waals surface area contributed by atoms with Crippen molar-refractivity contribution in [2.75, 3.05) is 5.32 Å². The van der Waals surface area contributed by atoms with E-state index in [0.717, 1.165) is 5.69 Å². The van der Waals surface area contributed by atoms with Crippen LogP contribution in [0.1, 0.15) is 18.5 Å². The average Bonchev–Trinajstić information content (AvgIpc) is 2.50. The quantitative estimate of drug-likeness (QED) is 0.701. The molecule has 1 aromatic heterocycles. The Labute approximate surface area is 90.1 Å². The lowest BCUT2D eigenvalue weighted by Gasteiger charge is -1.94. The fraction of sp³-hybridized carbons (Fsp3) is 0.375. The second kappa shape index (κ2) is 5.30. The molecule has 0 fully saturated rings. The van der Waals surface area contributed by atoms with Crippen molar-refractivity contribution in [2.24, 2.45) is 5.73 Å². The summed E-state index contributed by atoms with van der Waals surface area (Å²) in [5.74, 6) is -0.819. The van der Waals surface area contributed by atoms with Gasteiger partial charge in [-0.1, -0.05) is 0 Å². The van der Waals surface area contributed by atoms with E-state index < -0.39 is 12.0 Å². The van der Waals surface area contributed by atoms with Crippen LogP contribution in [0.25, 0.3) is 0 Å². The van der Waals surface area contributed by atoms with E-state index in [-0.39, 0.29) is 6.42 Å². The molecule has 1 aromatic rings. The molecule has 7 heteroatoms. The first-order valence-electron chi connectivity index (χ1n) is 4.30. The number of nitrogens with two attached hydrogens (primary N) is 1. The summed E-state index contributed by atoms with van der Waals surface area (Å²) in [4.78, 5) is 24.8. The molecule has 0 radical (unpaired) electrons. The summed E-state index contributed by atoms with van der Waals surface area (Å²) >= 11 is 1.27. The summed E-state index contributed by atoms with van der Waals surface area (Å²) in [7, 11) is 0. The van der Waals surface area contributed by atoms with Gasteiger partial charge in [-0.3, -0.25) is 10.1 Å². The topological polar surface area (TPSA) is 105 Å². The van der Waals surface area contributed by atoms with Gasteiger partial charge in [-0.25, -0.2) is 9.78 Å². The van der Waals surface area contributed by atoms with E-state index in [2.05, 4.69) is 10.3 Å². The summed E-state index contributed by atoms with van der Waals surface area (Å²) in [5.41, 5.74) is 5.68. The number of hydrogen-bond acceptors (Lipinski definition) is 4. The highest BCUT2D eigenvalue weighted by atomic mass is 32.1. The normalized spacial score (nSPS) is 9.87. The van der Waals surface area contributed by atoms with Crippen molar-refractivity contribution in [2.45, 2.75) is 19.3 Å². The number of aryl methyl sites for hydroxylation is 1. The summed E-state index contributed by atoms with van der Waals surface area (Å²) in [5, 5.41) is 13.0. The largest absolute Gasteiger partial charge is 0.481 e. The number of thiazole rings is 1. The van der Waals surface area contributed by atoms with Crippen molar-refractivity contribution >= 4 is 28.5 Å². The van der Waals surface area contributed by atoms with Crippen molar-refractivity contribution in [1.29, 1.82) is 0 Å². The molecule has 6 nitrogen and oxygen atoms in total. The highest BCUT2D eigenvalue weighted by Crippen LogP contribution is 2.16. The Hall–Kier alpha value is -1.63. The van der Waals surface area contributed by atoms with Gasteiger partial charge in [0.1, 0.15) is 0 Å². The standard InChI is InChI=1S/C8H11N3O3S/c9-7(14)11-8-10-5(4-15-8)2-1-3-6(12)13/h4H,1-3H2,(H,12,13)(H3,9,10,11,14). The molecule has 0 aromatic carbocycles. The van der Waals surface area contributed by atoms with E-state index in [1.54, 1.807) is 5.38 Å². The minimum atomic E-state index is -0.819. The lowest BCUT2D eigenvalue weighted by Crippen LogP contribution is -2.19. The molecular formula is C8H11N3O3S. The maximum atomic E-state index is 10.5. The van der Waals surface area contributed by atoms with Crippen LogP contribution < -0.4 is 11.1 Å². The Morgan fingerprint density at radius 3 is 2.93 bits per heavy atom. The fourth-order valence-electron chi connectivity index (χ4n) is 1.01. The zero-order chi connectivity index (χ0) is 11.3. The number of carboxylic acid groups (broad SMARTS) is 1. The number of amides is 2. The molecule has 2 amide bonds. The van der Waals surface area contributed by atoms with Gasteiger partial charge in [0.25, 0.3) is 0 Å².